The second-order valence-corrected chi connectivity index (χ2v) is 3.16. The van der Waals surface area contributed by atoms with E-state index < -0.39 is 6.09 Å². The Morgan fingerprint density at radius 3 is 2.93 bits per heavy atom. The van der Waals surface area contributed by atoms with Crippen LogP contribution in [0.3, 0.4) is 0 Å². The topological polar surface area (TPSA) is 81.9 Å². The van der Waals surface area contributed by atoms with Crippen molar-refractivity contribution in [2.45, 2.75) is 6.54 Å². The number of hydrogen-bond donors (Lipinski definition) is 3. The summed E-state index contributed by atoms with van der Waals surface area (Å²) in [7, 11) is 0. The maximum atomic E-state index is 10.3. The van der Waals surface area contributed by atoms with E-state index >= 15 is 0 Å². The fourth-order valence-electron chi connectivity index (χ4n) is 1.05. The zero-order chi connectivity index (χ0) is 11.3. The van der Waals surface area contributed by atoms with E-state index in [9.17, 15) is 4.79 Å². The fraction of sp³-hybridized carbons (Fsp3) is 0.111. The highest BCUT2D eigenvalue weighted by atomic mass is 35.5. The zero-order valence-electron chi connectivity index (χ0n) is 7.64. The molecule has 0 spiro atoms. The molecule has 0 unspecified atom stereocenters. The molecule has 0 aliphatic rings. The van der Waals surface area contributed by atoms with Crippen LogP contribution in [0.4, 0.5) is 4.79 Å². The Labute approximate surface area is 91.0 Å². The minimum absolute atomic E-state index is 0.112. The van der Waals surface area contributed by atoms with Crippen molar-refractivity contribution in [3.05, 3.63) is 34.3 Å². The maximum Gasteiger partial charge on any atom is 0.404 e. The van der Waals surface area contributed by atoms with Crippen LogP contribution in [0.2, 0.25) is 5.02 Å². The van der Waals surface area contributed by atoms with Gasteiger partial charge in [-0.15, -0.1) is 0 Å². The molecule has 15 heavy (non-hydrogen) atoms. The molecule has 0 saturated carbocycles. The van der Waals surface area contributed by atoms with Crippen molar-refractivity contribution in [1.29, 1.82) is 0 Å². The largest absolute Gasteiger partial charge is 0.465 e. The Hall–Kier alpha value is -1.75. The molecule has 0 atom stereocenters. The van der Waals surface area contributed by atoms with Gasteiger partial charge in [-0.25, -0.2) is 4.79 Å². The number of halogens is 1. The second kappa shape index (κ2) is 5.21. The number of carbonyl (C=O) groups is 1. The quantitative estimate of drug-likeness (QED) is 0.420. The van der Waals surface area contributed by atoms with Crippen LogP contribution in [0.15, 0.2) is 23.4 Å². The SMILES string of the molecule is O=C(O)NCc1cc(/C=N\O)ccc1Cl. The van der Waals surface area contributed by atoms with Crippen LogP contribution < -0.4 is 5.32 Å². The minimum Gasteiger partial charge on any atom is -0.465 e. The van der Waals surface area contributed by atoms with Gasteiger partial charge in [0.25, 0.3) is 0 Å². The van der Waals surface area contributed by atoms with Gasteiger partial charge in [-0.2, -0.15) is 0 Å². The Morgan fingerprint density at radius 1 is 1.60 bits per heavy atom. The summed E-state index contributed by atoms with van der Waals surface area (Å²) in [4.78, 5) is 10.3. The predicted molar refractivity (Wildman–Crippen MR) is 55.7 cm³/mol. The Kier molecular flexibility index (Phi) is 3.93. The van der Waals surface area contributed by atoms with Crippen molar-refractivity contribution in [3.63, 3.8) is 0 Å². The average molecular weight is 229 g/mol. The van der Waals surface area contributed by atoms with Crippen LogP contribution in [0.1, 0.15) is 11.1 Å². The lowest BCUT2D eigenvalue weighted by Crippen LogP contribution is -2.20. The smallest absolute Gasteiger partial charge is 0.404 e. The molecule has 1 aromatic carbocycles. The number of amides is 1. The zero-order valence-corrected chi connectivity index (χ0v) is 8.40. The van der Waals surface area contributed by atoms with Crippen LogP contribution in [0.5, 0.6) is 0 Å². The van der Waals surface area contributed by atoms with Gasteiger partial charge >= 0.3 is 6.09 Å². The highest BCUT2D eigenvalue weighted by Gasteiger charge is 2.02. The molecule has 80 valence electrons. The van der Waals surface area contributed by atoms with Gasteiger partial charge < -0.3 is 15.6 Å². The Morgan fingerprint density at radius 2 is 2.33 bits per heavy atom. The van der Waals surface area contributed by atoms with Gasteiger partial charge in [0.05, 0.1) is 6.21 Å². The van der Waals surface area contributed by atoms with Crippen molar-refractivity contribution in [1.82, 2.24) is 5.32 Å². The third-order valence-electron chi connectivity index (χ3n) is 1.71. The van der Waals surface area contributed by atoms with E-state index in [1.54, 1.807) is 18.2 Å². The van der Waals surface area contributed by atoms with Gasteiger partial charge in [-0.1, -0.05) is 22.8 Å². The molecule has 0 aliphatic heterocycles. The average Bonchev–Trinajstić information content (AvgIpc) is 2.19. The highest BCUT2D eigenvalue weighted by molar-refractivity contribution is 6.31. The predicted octanol–water partition coefficient (Wildman–Crippen LogP) is 1.92. The van der Waals surface area contributed by atoms with E-state index in [4.69, 9.17) is 21.9 Å². The first-order valence-corrected chi connectivity index (χ1v) is 4.44. The summed E-state index contributed by atoms with van der Waals surface area (Å²) >= 11 is 5.84. The van der Waals surface area contributed by atoms with Crippen LogP contribution in [0.25, 0.3) is 0 Å². The van der Waals surface area contributed by atoms with E-state index in [-0.39, 0.29) is 6.54 Å². The third kappa shape index (κ3) is 3.47. The van der Waals surface area contributed by atoms with E-state index in [1.807, 2.05) is 0 Å². The lowest BCUT2D eigenvalue weighted by molar-refractivity contribution is 0.194. The van der Waals surface area contributed by atoms with Crippen LogP contribution in [0, 0.1) is 0 Å². The summed E-state index contributed by atoms with van der Waals surface area (Å²) in [5.41, 5.74) is 1.26. The van der Waals surface area contributed by atoms with Gasteiger partial charge in [0.2, 0.25) is 0 Å². The van der Waals surface area contributed by atoms with Crippen molar-refractivity contribution >= 4 is 23.9 Å². The van der Waals surface area contributed by atoms with E-state index in [1.165, 1.54) is 6.21 Å². The molecule has 0 radical (unpaired) electrons. The molecule has 0 aliphatic carbocycles. The molecule has 6 heteroatoms. The molecular formula is C9H9ClN2O3. The number of rotatable bonds is 3. The molecule has 1 amide bonds. The van der Waals surface area contributed by atoms with Gasteiger partial charge in [0.15, 0.2) is 0 Å². The molecule has 0 bridgehead atoms. The molecule has 1 aromatic rings. The fourth-order valence-corrected chi connectivity index (χ4v) is 1.23. The van der Waals surface area contributed by atoms with E-state index in [0.29, 0.717) is 16.1 Å². The lowest BCUT2D eigenvalue weighted by atomic mass is 10.1. The molecule has 5 nitrogen and oxygen atoms in total. The third-order valence-corrected chi connectivity index (χ3v) is 2.08. The number of carboxylic acid groups (broad SMARTS) is 1. The van der Waals surface area contributed by atoms with E-state index in [2.05, 4.69) is 10.5 Å². The number of nitrogens with zero attached hydrogens (tertiary/aromatic N) is 1. The van der Waals surface area contributed by atoms with Gasteiger partial charge in [-0.3, -0.25) is 0 Å². The summed E-state index contributed by atoms with van der Waals surface area (Å²) in [6.45, 7) is 0.112. The number of nitrogens with one attached hydrogen (secondary N) is 1. The van der Waals surface area contributed by atoms with Crippen molar-refractivity contribution in [2.75, 3.05) is 0 Å². The Balaban J connectivity index is 2.85. The monoisotopic (exact) mass is 228 g/mol. The maximum absolute atomic E-state index is 10.3. The number of benzene rings is 1. The van der Waals surface area contributed by atoms with Gasteiger partial charge in [-0.05, 0) is 23.3 Å². The first-order valence-electron chi connectivity index (χ1n) is 4.06. The normalized spacial score (nSPS) is 10.5. The molecule has 0 heterocycles. The van der Waals surface area contributed by atoms with Gasteiger partial charge in [0.1, 0.15) is 0 Å². The molecule has 1 rings (SSSR count). The van der Waals surface area contributed by atoms with Crippen LogP contribution in [-0.4, -0.2) is 22.6 Å². The summed E-state index contributed by atoms with van der Waals surface area (Å²) < 4.78 is 0. The number of hydrogen-bond acceptors (Lipinski definition) is 3. The lowest BCUT2D eigenvalue weighted by Gasteiger charge is -2.04. The molecule has 3 N–H and O–H groups in total. The first-order chi connectivity index (χ1) is 7.13. The van der Waals surface area contributed by atoms with Crippen LogP contribution in [-0.2, 0) is 6.54 Å². The summed E-state index contributed by atoms with van der Waals surface area (Å²) in [6, 6.07) is 4.90. The minimum atomic E-state index is -1.12. The van der Waals surface area contributed by atoms with Gasteiger partial charge in [0, 0.05) is 11.6 Å². The Bertz CT molecular complexity index is 393. The highest BCUT2D eigenvalue weighted by Crippen LogP contribution is 2.16. The summed E-state index contributed by atoms with van der Waals surface area (Å²) in [5, 5.41) is 22.3. The standard InChI is InChI=1S/C9H9ClN2O3/c10-8-2-1-6(4-12-15)3-7(8)5-11-9(13)14/h1-4,11,15H,5H2,(H,13,14)/b12-4-. The van der Waals surface area contributed by atoms with Crippen molar-refractivity contribution in [2.24, 2.45) is 5.16 Å². The molecule has 0 aromatic heterocycles. The molecular weight excluding hydrogens is 220 g/mol. The van der Waals surface area contributed by atoms with Crippen LogP contribution >= 0.6 is 11.6 Å². The molecule has 0 fully saturated rings. The van der Waals surface area contributed by atoms with Crippen molar-refractivity contribution in [3.8, 4) is 0 Å². The summed E-state index contributed by atoms with van der Waals surface area (Å²) in [5.74, 6) is 0. The van der Waals surface area contributed by atoms with E-state index in [0.717, 1.165) is 0 Å². The summed E-state index contributed by atoms with van der Waals surface area (Å²) in [6.07, 6.45) is 0.118. The molecule has 0 saturated heterocycles. The number of oxime groups is 1. The van der Waals surface area contributed by atoms with Crippen molar-refractivity contribution < 1.29 is 15.1 Å². The second-order valence-electron chi connectivity index (χ2n) is 2.75. The first kappa shape index (κ1) is 11.3.